The van der Waals surface area contributed by atoms with E-state index in [9.17, 15) is 4.79 Å². The van der Waals surface area contributed by atoms with Crippen LogP contribution in [0.25, 0.3) is 0 Å². The molecule has 0 aromatic rings. The third-order valence-electron chi connectivity index (χ3n) is 4.58. The lowest BCUT2D eigenvalue weighted by Crippen LogP contribution is -2.39. The first kappa shape index (κ1) is 14.8. The number of carboxylic acids is 1. The normalized spacial score (nSPS) is 27.0. The molecule has 0 bridgehead atoms. The van der Waals surface area contributed by atoms with Crippen LogP contribution in [0.2, 0.25) is 0 Å². The molecule has 0 aromatic heterocycles. The highest BCUT2D eigenvalue weighted by Crippen LogP contribution is 2.35. The molecule has 4 fully saturated rings. The topological polar surface area (TPSA) is 85.2 Å². The average Bonchev–Trinajstić information content (AvgIpc) is 3.31. The maximum Gasteiger partial charge on any atom is 0.320 e. The van der Waals surface area contributed by atoms with E-state index >= 15 is 0 Å². The van der Waals surface area contributed by atoms with Crippen molar-refractivity contribution in [1.29, 1.82) is 5.26 Å². The molecular weight excluding hydrogens is 266 g/mol. The van der Waals surface area contributed by atoms with Gasteiger partial charge in [-0.1, -0.05) is 0 Å². The molecule has 0 aromatic carbocycles. The highest BCUT2D eigenvalue weighted by Gasteiger charge is 2.39. The molecule has 2 atom stereocenters. The second-order valence-electron chi connectivity index (χ2n) is 6.98. The predicted molar refractivity (Wildman–Crippen MR) is 78.6 cm³/mol. The van der Waals surface area contributed by atoms with Crippen molar-refractivity contribution in [3.63, 3.8) is 0 Å². The lowest BCUT2D eigenvalue weighted by molar-refractivity contribution is -0.140. The van der Waals surface area contributed by atoms with Crippen molar-refractivity contribution in [2.24, 2.45) is 11.8 Å². The van der Waals surface area contributed by atoms with Crippen LogP contribution in [0.5, 0.6) is 0 Å². The minimum Gasteiger partial charge on any atom is -0.480 e. The Morgan fingerprint density at radius 3 is 1.86 bits per heavy atom. The molecule has 4 aliphatic rings. The van der Waals surface area contributed by atoms with Crippen molar-refractivity contribution in [3.05, 3.63) is 0 Å². The first-order chi connectivity index (χ1) is 10.2. The summed E-state index contributed by atoms with van der Waals surface area (Å²) in [4.78, 5) is 10.7. The Hall–Kier alpha value is -1.12. The smallest absolute Gasteiger partial charge is 0.320 e. The second-order valence-corrected chi connectivity index (χ2v) is 6.98. The van der Waals surface area contributed by atoms with Gasteiger partial charge in [0.1, 0.15) is 6.04 Å². The van der Waals surface area contributed by atoms with Gasteiger partial charge >= 0.3 is 5.97 Å². The summed E-state index contributed by atoms with van der Waals surface area (Å²) < 4.78 is 0. The standard InChI is InChI=1S/C8H12N2.C8H13NO2/c9-5-8(6-1-2-6)10-7-3-4-7;10-8(11)7(5-1-2-5)9-6-3-4-6/h6-8,10H,1-4H2;5-7,9H,1-4H2,(H,10,11). The van der Waals surface area contributed by atoms with E-state index in [1.54, 1.807) is 0 Å². The van der Waals surface area contributed by atoms with Crippen LogP contribution in [0.4, 0.5) is 0 Å². The van der Waals surface area contributed by atoms with Crippen LogP contribution in [-0.2, 0) is 4.79 Å². The molecule has 0 heterocycles. The van der Waals surface area contributed by atoms with Gasteiger partial charge in [0, 0.05) is 12.1 Å². The summed E-state index contributed by atoms with van der Waals surface area (Å²) in [6, 6.07) is 3.45. The average molecular weight is 291 g/mol. The summed E-state index contributed by atoms with van der Waals surface area (Å²) in [7, 11) is 0. The molecule has 4 rings (SSSR count). The summed E-state index contributed by atoms with van der Waals surface area (Å²) in [5.41, 5.74) is 0. The number of nitriles is 1. The van der Waals surface area contributed by atoms with Crippen molar-refractivity contribution < 1.29 is 9.90 Å². The SMILES string of the molecule is N#CC(NC1CC1)C1CC1.O=C(O)C(NC1CC1)C1CC1. The molecule has 5 nitrogen and oxygen atoms in total. The van der Waals surface area contributed by atoms with Gasteiger partial charge in [-0.3, -0.25) is 10.1 Å². The van der Waals surface area contributed by atoms with Gasteiger partial charge in [0.25, 0.3) is 0 Å². The number of aliphatic carboxylic acids is 1. The molecule has 116 valence electrons. The molecule has 0 radical (unpaired) electrons. The van der Waals surface area contributed by atoms with Crippen LogP contribution in [0, 0.1) is 23.2 Å². The quantitative estimate of drug-likeness (QED) is 0.664. The molecule has 2 unspecified atom stereocenters. The second kappa shape index (κ2) is 6.33. The summed E-state index contributed by atoms with van der Waals surface area (Å²) in [6.45, 7) is 0. The van der Waals surface area contributed by atoms with Gasteiger partial charge in [-0.25, -0.2) is 0 Å². The van der Waals surface area contributed by atoms with E-state index in [1.807, 2.05) is 0 Å². The monoisotopic (exact) mass is 291 g/mol. The van der Waals surface area contributed by atoms with E-state index < -0.39 is 5.97 Å². The summed E-state index contributed by atoms with van der Waals surface area (Å²) >= 11 is 0. The first-order valence-corrected chi connectivity index (χ1v) is 8.32. The van der Waals surface area contributed by atoms with E-state index in [4.69, 9.17) is 10.4 Å². The van der Waals surface area contributed by atoms with Crippen LogP contribution in [0.15, 0.2) is 0 Å². The van der Waals surface area contributed by atoms with Crippen LogP contribution in [-0.4, -0.2) is 35.2 Å². The summed E-state index contributed by atoms with van der Waals surface area (Å²) in [6.07, 6.45) is 9.60. The maximum atomic E-state index is 10.7. The lowest BCUT2D eigenvalue weighted by atomic mass is 10.2. The van der Waals surface area contributed by atoms with E-state index in [0.29, 0.717) is 23.9 Å². The molecule has 4 aliphatic carbocycles. The van der Waals surface area contributed by atoms with Gasteiger partial charge in [0.05, 0.1) is 12.1 Å². The molecule has 0 spiro atoms. The number of hydrogen-bond acceptors (Lipinski definition) is 4. The molecule has 0 aliphatic heterocycles. The predicted octanol–water partition coefficient (Wildman–Crippen LogP) is 1.64. The first-order valence-electron chi connectivity index (χ1n) is 8.32. The molecule has 4 saturated carbocycles. The van der Waals surface area contributed by atoms with Gasteiger partial charge in [0.15, 0.2) is 0 Å². The van der Waals surface area contributed by atoms with E-state index in [-0.39, 0.29) is 12.1 Å². The fourth-order valence-corrected chi connectivity index (χ4v) is 2.55. The number of hydrogen-bond donors (Lipinski definition) is 3. The summed E-state index contributed by atoms with van der Waals surface area (Å²) in [5, 5.41) is 24.0. The third kappa shape index (κ3) is 4.98. The Kier molecular flexibility index (Phi) is 4.46. The number of carbonyl (C=O) groups is 1. The van der Waals surface area contributed by atoms with Crippen LogP contribution < -0.4 is 10.6 Å². The Labute approximate surface area is 126 Å². The van der Waals surface area contributed by atoms with Crippen LogP contribution in [0.3, 0.4) is 0 Å². The minimum absolute atomic E-state index is 0.174. The van der Waals surface area contributed by atoms with Crippen molar-refractivity contribution >= 4 is 5.97 Å². The van der Waals surface area contributed by atoms with Crippen molar-refractivity contribution in [2.75, 3.05) is 0 Å². The Balaban J connectivity index is 0.000000126. The lowest BCUT2D eigenvalue weighted by Gasteiger charge is -2.11. The highest BCUT2D eigenvalue weighted by atomic mass is 16.4. The van der Waals surface area contributed by atoms with E-state index in [1.165, 1.54) is 25.7 Å². The number of carboxylic acid groups (broad SMARTS) is 1. The van der Waals surface area contributed by atoms with Crippen LogP contribution >= 0.6 is 0 Å². The van der Waals surface area contributed by atoms with Gasteiger partial charge in [-0.2, -0.15) is 5.26 Å². The molecular formula is C16H25N3O2. The summed E-state index contributed by atoms with van der Waals surface area (Å²) in [5.74, 6) is 0.443. The molecule has 3 N–H and O–H groups in total. The zero-order valence-electron chi connectivity index (χ0n) is 12.4. The Morgan fingerprint density at radius 1 is 0.952 bits per heavy atom. The van der Waals surface area contributed by atoms with Crippen molar-refractivity contribution in [3.8, 4) is 6.07 Å². The fraction of sp³-hybridized carbons (Fsp3) is 0.875. The zero-order chi connectivity index (χ0) is 14.8. The zero-order valence-corrected chi connectivity index (χ0v) is 12.4. The van der Waals surface area contributed by atoms with Crippen molar-refractivity contribution in [2.45, 2.75) is 75.5 Å². The Morgan fingerprint density at radius 2 is 1.48 bits per heavy atom. The fourth-order valence-electron chi connectivity index (χ4n) is 2.55. The van der Waals surface area contributed by atoms with Gasteiger partial charge in [-0.05, 0) is 63.2 Å². The molecule has 21 heavy (non-hydrogen) atoms. The number of rotatable bonds is 7. The largest absolute Gasteiger partial charge is 0.480 e. The number of nitrogens with zero attached hydrogens (tertiary/aromatic N) is 1. The van der Waals surface area contributed by atoms with Crippen molar-refractivity contribution in [1.82, 2.24) is 10.6 Å². The van der Waals surface area contributed by atoms with Gasteiger partial charge in [0.2, 0.25) is 0 Å². The molecule has 0 saturated heterocycles. The molecule has 5 heteroatoms. The highest BCUT2D eigenvalue weighted by molar-refractivity contribution is 5.74. The van der Waals surface area contributed by atoms with Crippen LogP contribution in [0.1, 0.15) is 51.4 Å². The third-order valence-corrected chi connectivity index (χ3v) is 4.58. The maximum absolute atomic E-state index is 10.7. The van der Waals surface area contributed by atoms with Gasteiger partial charge in [-0.15, -0.1) is 0 Å². The Bertz CT molecular complexity index is 418. The minimum atomic E-state index is -0.667. The van der Waals surface area contributed by atoms with E-state index in [0.717, 1.165) is 25.7 Å². The van der Waals surface area contributed by atoms with Gasteiger partial charge < -0.3 is 10.4 Å². The molecule has 0 amide bonds. The number of nitrogens with one attached hydrogen (secondary N) is 2. The van der Waals surface area contributed by atoms with E-state index in [2.05, 4.69) is 16.7 Å².